The van der Waals surface area contributed by atoms with Gasteiger partial charge in [0.1, 0.15) is 19.5 Å². The zero-order chi connectivity index (χ0) is 38.1. The molecule has 0 bridgehead atoms. The van der Waals surface area contributed by atoms with Crippen molar-refractivity contribution in [3.05, 3.63) is 132 Å². The van der Waals surface area contributed by atoms with E-state index < -0.39 is 8.07 Å². The van der Waals surface area contributed by atoms with Crippen molar-refractivity contribution in [2.45, 2.75) is 91.7 Å². The number of para-hydroxylation sites is 2. The van der Waals surface area contributed by atoms with Crippen LogP contribution in [0.1, 0.15) is 79.0 Å². The minimum atomic E-state index is -2.37. The number of hydrogen-bond acceptors (Lipinski definition) is 3. The normalized spacial score (nSPS) is 12.6. The van der Waals surface area contributed by atoms with Crippen LogP contribution < -0.4 is 10.5 Å². The zero-order valence-electron chi connectivity index (χ0n) is 33.5. The standard InChI is InChI=1S/C48H52N3OSi.Pt/c1-46(2,3)34-21-22-40-37(29-34)38-30-39(48(7,8)9)44(50-45(38)51(40)41-19-15-16-20-42(41)52)33-25-35(47(4,5)6)28-36(26-33)53(10,11)43-27-32(23-24-49-43)31-17-13-12-14-18-31;/h12-25,27-30,52H,1-11H3;/q-1;. The van der Waals surface area contributed by atoms with E-state index in [1.165, 1.54) is 33.0 Å². The number of aromatic hydroxyl groups is 1. The van der Waals surface area contributed by atoms with Crippen LogP contribution in [0.2, 0.25) is 13.1 Å². The maximum atomic E-state index is 11.3. The second kappa shape index (κ2) is 14.1. The van der Waals surface area contributed by atoms with Crippen LogP contribution >= 0.6 is 0 Å². The predicted molar refractivity (Wildman–Crippen MR) is 227 cm³/mol. The molecule has 0 aliphatic heterocycles. The summed E-state index contributed by atoms with van der Waals surface area (Å²) in [5.41, 5.74) is 10.2. The Hall–Kier alpha value is -4.31. The molecule has 0 amide bonds. The molecule has 3 aromatic heterocycles. The number of phenolic OH excluding ortho intramolecular Hbond substituents is 1. The van der Waals surface area contributed by atoms with E-state index in [0.717, 1.165) is 38.5 Å². The predicted octanol–water partition coefficient (Wildman–Crippen LogP) is 11.1. The first kappa shape index (κ1) is 39.4. The van der Waals surface area contributed by atoms with Gasteiger partial charge in [-0.1, -0.05) is 136 Å². The summed E-state index contributed by atoms with van der Waals surface area (Å²) in [4.78, 5) is 10.7. The molecule has 0 aliphatic rings. The Bertz CT molecular complexity index is 2500. The molecule has 7 aromatic rings. The zero-order valence-corrected chi connectivity index (χ0v) is 36.8. The van der Waals surface area contributed by atoms with Gasteiger partial charge in [-0.25, -0.2) is 0 Å². The molecule has 0 unspecified atom stereocenters. The molecule has 4 nitrogen and oxygen atoms in total. The fraction of sp³-hybridized carbons (Fsp3) is 0.292. The van der Waals surface area contributed by atoms with Crippen molar-refractivity contribution >= 4 is 40.5 Å². The van der Waals surface area contributed by atoms with Crippen molar-refractivity contribution in [1.82, 2.24) is 14.5 Å². The van der Waals surface area contributed by atoms with Gasteiger partial charge in [-0.2, -0.15) is 0 Å². The van der Waals surface area contributed by atoms with Gasteiger partial charge in [-0.05, 0) is 75.0 Å². The first-order chi connectivity index (χ1) is 24.8. The van der Waals surface area contributed by atoms with Crippen LogP contribution in [0, 0.1) is 6.07 Å². The van der Waals surface area contributed by atoms with Crippen molar-refractivity contribution in [1.29, 1.82) is 0 Å². The van der Waals surface area contributed by atoms with Crippen LogP contribution in [0.3, 0.4) is 0 Å². The van der Waals surface area contributed by atoms with Gasteiger partial charge >= 0.3 is 0 Å². The first-order valence-electron chi connectivity index (χ1n) is 18.7. The number of hydrogen-bond donors (Lipinski definition) is 1. The van der Waals surface area contributed by atoms with Crippen LogP contribution in [0.15, 0.2) is 109 Å². The molecule has 0 fully saturated rings. The fourth-order valence-electron chi connectivity index (χ4n) is 7.26. The van der Waals surface area contributed by atoms with E-state index in [-0.39, 0.29) is 43.1 Å². The maximum absolute atomic E-state index is 11.3. The van der Waals surface area contributed by atoms with Crippen molar-refractivity contribution < 1.29 is 26.2 Å². The Kier molecular flexibility index (Phi) is 10.3. The second-order valence-corrected chi connectivity index (χ2v) is 22.5. The van der Waals surface area contributed by atoms with Gasteiger partial charge in [0.2, 0.25) is 0 Å². The number of benzene rings is 4. The number of nitrogens with zero attached hydrogens (tertiary/aromatic N) is 3. The Morgan fingerprint density at radius 3 is 1.96 bits per heavy atom. The van der Waals surface area contributed by atoms with E-state index in [9.17, 15) is 5.11 Å². The number of pyridine rings is 2. The van der Waals surface area contributed by atoms with Gasteiger partial charge in [-0.3, -0.25) is 14.5 Å². The molecule has 7 rings (SSSR count). The first-order valence-corrected chi connectivity index (χ1v) is 21.7. The van der Waals surface area contributed by atoms with Gasteiger partial charge in [0.25, 0.3) is 0 Å². The summed E-state index contributed by atoms with van der Waals surface area (Å²) in [6.07, 6.45) is 1.96. The summed E-state index contributed by atoms with van der Waals surface area (Å²) < 4.78 is 2.13. The van der Waals surface area contributed by atoms with Gasteiger partial charge in [0.15, 0.2) is 0 Å². The molecular formula is C48H52N3OPtSi-. The SMILES string of the molecule is CC(C)(C)c1cc(-c2nc3c(cc2C(C)(C)C)c2cc(C(C)(C)C)ccc2n3-c2ccccc2O)[c-]c([Si](C)(C)c2cc(-c3ccccc3)ccn2)c1.[Pt]. The molecule has 4 aromatic carbocycles. The van der Waals surface area contributed by atoms with Crippen molar-refractivity contribution in [3.8, 4) is 33.8 Å². The average molecular weight is 910 g/mol. The number of rotatable bonds is 5. The maximum Gasteiger partial charge on any atom is 0.139 e. The molecule has 0 saturated heterocycles. The van der Waals surface area contributed by atoms with E-state index in [1.54, 1.807) is 6.07 Å². The van der Waals surface area contributed by atoms with E-state index in [1.807, 2.05) is 24.4 Å². The molecule has 0 radical (unpaired) electrons. The van der Waals surface area contributed by atoms with E-state index in [2.05, 4.69) is 165 Å². The largest absolute Gasteiger partial charge is 0.506 e. The Balaban J connectivity index is 0.00000497. The van der Waals surface area contributed by atoms with E-state index in [4.69, 9.17) is 9.97 Å². The van der Waals surface area contributed by atoms with E-state index in [0.29, 0.717) is 5.69 Å². The molecule has 0 atom stereocenters. The summed E-state index contributed by atoms with van der Waals surface area (Å²) in [6, 6.07) is 40.2. The molecular weight excluding hydrogens is 858 g/mol. The summed E-state index contributed by atoms with van der Waals surface area (Å²) >= 11 is 0. The molecule has 6 heteroatoms. The van der Waals surface area contributed by atoms with Crippen LogP contribution in [0.25, 0.3) is 50.0 Å². The molecule has 280 valence electrons. The number of fused-ring (bicyclic) bond motifs is 3. The minimum Gasteiger partial charge on any atom is -0.506 e. The smallest absolute Gasteiger partial charge is 0.139 e. The summed E-state index contributed by atoms with van der Waals surface area (Å²) in [6.45, 7) is 25.2. The topological polar surface area (TPSA) is 50.9 Å². The Labute approximate surface area is 337 Å². The summed E-state index contributed by atoms with van der Waals surface area (Å²) in [5.74, 6) is 0.219. The van der Waals surface area contributed by atoms with E-state index >= 15 is 0 Å². The third-order valence-electron chi connectivity index (χ3n) is 10.7. The van der Waals surface area contributed by atoms with Crippen LogP contribution in [0.4, 0.5) is 0 Å². The molecule has 0 spiro atoms. The van der Waals surface area contributed by atoms with Crippen LogP contribution in [0.5, 0.6) is 5.75 Å². The van der Waals surface area contributed by atoms with Gasteiger partial charge in [0.05, 0.1) is 11.2 Å². The number of aromatic nitrogens is 3. The van der Waals surface area contributed by atoms with Gasteiger partial charge in [0, 0.05) is 43.4 Å². The molecule has 0 aliphatic carbocycles. The Morgan fingerprint density at radius 2 is 1.31 bits per heavy atom. The third-order valence-corrected chi connectivity index (χ3v) is 13.9. The molecule has 1 N–H and O–H groups in total. The van der Waals surface area contributed by atoms with Gasteiger partial charge in [-0.15, -0.1) is 34.5 Å². The second-order valence-electron chi connectivity index (χ2n) is 18.2. The third kappa shape index (κ3) is 7.26. The summed E-state index contributed by atoms with van der Waals surface area (Å²) in [7, 11) is -2.37. The Morgan fingerprint density at radius 1 is 0.648 bits per heavy atom. The van der Waals surface area contributed by atoms with Crippen LogP contribution in [-0.4, -0.2) is 27.7 Å². The fourth-order valence-corrected chi connectivity index (χ4v) is 9.41. The molecule has 0 saturated carbocycles. The minimum absolute atomic E-state index is 0. The van der Waals surface area contributed by atoms with Gasteiger partial charge < -0.3 is 5.11 Å². The number of phenols is 1. The monoisotopic (exact) mass is 909 g/mol. The quantitative estimate of drug-likeness (QED) is 0.138. The van der Waals surface area contributed by atoms with Crippen molar-refractivity contribution in [2.24, 2.45) is 0 Å². The summed E-state index contributed by atoms with van der Waals surface area (Å²) in [5, 5.41) is 15.8. The van der Waals surface area contributed by atoms with Crippen molar-refractivity contribution in [2.75, 3.05) is 0 Å². The molecule has 54 heavy (non-hydrogen) atoms. The van der Waals surface area contributed by atoms with Crippen molar-refractivity contribution in [3.63, 3.8) is 0 Å². The average Bonchev–Trinajstić information content (AvgIpc) is 3.43. The van der Waals surface area contributed by atoms with Crippen LogP contribution in [-0.2, 0) is 37.3 Å². The molecule has 3 heterocycles.